The van der Waals surface area contributed by atoms with Gasteiger partial charge in [0.2, 0.25) is 0 Å². The largest absolute Gasteiger partial charge is 0.486 e. The lowest BCUT2D eigenvalue weighted by atomic mass is 10.1. The van der Waals surface area contributed by atoms with Gasteiger partial charge in [-0.05, 0) is 19.4 Å². The maximum absolute atomic E-state index is 5.97. The molecule has 0 aliphatic carbocycles. The van der Waals surface area contributed by atoms with E-state index in [-0.39, 0.29) is 6.04 Å². The van der Waals surface area contributed by atoms with Crippen molar-refractivity contribution in [3.8, 4) is 22.9 Å². The number of hydrogen-bond donors (Lipinski definition) is 1. The van der Waals surface area contributed by atoms with Crippen LogP contribution >= 0.6 is 0 Å². The highest BCUT2D eigenvalue weighted by Gasteiger charge is 2.21. The molecule has 0 spiro atoms. The van der Waals surface area contributed by atoms with Gasteiger partial charge in [-0.3, -0.25) is 0 Å². The molecule has 0 radical (unpaired) electrons. The standard InChI is InChI=1S/C19H21N3O2/c1-12-5-3-4-6-14(12)19-21-15-9-17-18(24-8-7-23-17)10-16(15)22(19)13(2)11-20/h3-6,9-10,13H,7-8,11,20H2,1-2H3. The SMILES string of the molecule is Cc1ccccc1-c1nc2cc3c(cc2n1C(C)CN)OCCO3. The molecule has 2 heterocycles. The van der Waals surface area contributed by atoms with Crippen LogP contribution in [0.1, 0.15) is 18.5 Å². The summed E-state index contributed by atoms with van der Waals surface area (Å²) in [7, 11) is 0. The third-order valence-electron chi connectivity index (χ3n) is 4.52. The molecule has 0 saturated heterocycles. The fourth-order valence-corrected chi connectivity index (χ4v) is 3.20. The highest BCUT2D eigenvalue weighted by atomic mass is 16.6. The zero-order chi connectivity index (χ0) is 16.7. The number of nitrogens with two attached hydrogens (primary N) is 1. The van der Waals surface area contributed by atoms with E-state index in [1.54, 1.807) is 0 Å². The van der Waals surface area contributed by atoms with Gasteiger partial charge in [0.05, 0.1) is 11.0 Å². The van der Waals surface area contributed by atoms with Gasteiger partial charge in [-0.2, -0.15) is 0 Å². The minimum atomic E-state index is 0.132. The van der Waals surface area contributed by atoms with E-state index in [9.17, 15) is 0 Å². The Morgan fingerprint density at radius 1 is 1.17 bits per heavy atom. The Hall–Kier alpha value is -2.53. The number of rotatable bonds is 3. The summed E-state index contributed by atoms with van der Waals surface area (Å²) in [5.41, 5.74) is 10.2. The van der Waals surface area contributed by atoms with E-state index in [4.69, 9.17) is 20.2 Å². The molecule has 1 aliphatic heterocycles. The molecule has 2 aromatic carbocycles. The molecule has 1 atom stereocenters. The van der Waals surface area contributed by atoms with Crippen molar-refractivity contribution in [2.75, 3.05) is 19.8 Å². The number of imidazole rings is 1. The molecule has 3 aromatic rings. The number of nitrogens with zero attached hydrogens (tertiary/aromatic N) is 2. The number of aromatic nitrogens is 2. The van der Waals surface area contributed by atoms with Crippen LogP contribution in [0, 0.1) is 6.92 Å². The average Bonchev–Trinajstić information content (AvgIpc) is 2.97. The van der Waals surface area contributed by atoms with Crippen molar-refractivity contribution >= 4 is 11.0 Å². The van der Waals surface area contributed by atoms with Crippen LogP contribution in [0.15, 0.2) is 36.4 Å². The third kappa shape index (κ3) is 2.32. The van der Waals surface area contributed by atoms with Gasteiger partial charge in [-0.1, -0.05) is 24.3 Å². The van der Waals surface area contributed by atoms with E-state index < -0.39 is 0 Å². The summed E-state index contributed by atoms with van der Waals surface area (Å²) in [6.45, 7) is 5.90. The molecule has 0 fully saturated rings. The predicted octanol–water partition coefficient (Wildman–Crippen LogP) is 3.30. The van der Waals surface area contributed by atoms with Crippen molar-refractivity contribution in [1.82, 2.24) is 9.55 Å². The quantitative estimate of drug-likeness (QED) is 0.803. The normalized spacial score (nSPS) is 14.8. The maximum Gasteiger partial charge on any atom is 0.163 e. The summed E-state index contributed by atoms with van der Waals surface area (Å²) in [5, 5.41) is 0. The number of hydrogen-bond acceptors (Lipinski definition) is 4. The highest BCUT2D eigenvalue weighted by molar-refractivity contribution is 5.85. The number of benzene rings is 2. The van der Waals surface area contributed by atoms with Crippen LogP contribution in [0.25, 0.3) is 22.4 Å². The maximum atomic E-state index is 5.97. The van der Waals surface area contributed by atoms with Crippen molar-refractivity contribution in [2.24, 2.45) is 5.73 Å². The lowest BCUT2D eigenvalue weighted by Gasteiger charge is -2.20. The van der Waals surface area contributed by atoms with Gasteiger partial charge in [-0.25, -0.2) is 4.98 Å². The smallest absolute Gasteiger partial charge is 0.163 e. The Morgan fingerprint density at radius 2 is 1.88 bits per heavy atom. The summed E-state index contributed by atoms with van der Waals surface area (Å²) in [6, 6.07) is 12.4. The lowest BCUT2D eigenvalue weighted by molar-refractivity contribution is 0.172. The molecule has 2 N–H and O–H groups in total. The minimum Gasteiger partial charge on any atom is -0.486 e. The number of ether oxygens (including phenoxy) is 2. The summed E-state index contributed by atoms with van der Waals surface area (Å²) in [6.07, 6.45) is 0. The van der Waals surface area contributed by atoms with Gasteiger partial charge >= 0.3 is 0 Å². The van der Waals surface area contributed by atoms with Crippen LogP contribution in [-0.4, -0.2) is 29.3 Å². The molecule has 1 aliphatic rings. The first-order valence-electron chi connectivity index (χ1n) is 8.26. The first-order chi connectivity index (χ1) is 11.7. The topological polar surface area (TPSA) is 62.3 Å². The van der Waals surface area contributed by atoms with Crippen LogP contribution in [0.4, 0.5) is 0 Å². The van der Waals surface area contributed by atoms with E-state index in [1.807, 2.05) is 24.3 Å². The third-order valence-corrected chi connectivity index (χ3v) is 4.52. The first kappa shape index (κ1) is 15.0. The van der Waals surface area contributed by atoms with E-state index in [2.05, 4.69) is 30.5 Å². The molecular weight excluding hydrogens is 302 g/mol. The van der Waals surface area contributed by atoms with Crippen molar-refractivity contribution in [1.29, 1.82) is 0 Å². The zero-order valence-corrected chi connectivity index (χ0v) is 14.0. The van der Waals surface area contributed by atoms with Gasteiger partial charge in [0.1, 0.15) is 19.0 Å². The summed E-state index contributed by atoms with van der Waals surface area (Å²) >= 11 is 0. The molecule has 5 heteroatoms. The van der Waals surface area contributed by atoms with Gasteiger partial charge in [-0.15, -0.1) is 0 Å². The summed E-state index contributed by atoms with van der Waals surface area (Å²) in [4.78, 5) is 4.89. The second-order valence-corrected chi connectivity index (χ2v) is 6.19. The van der Waals surface area contributed by atoms with E-state index in [1.165, 1.54) is 5.56 Å². The zero-order valence-electron chi connectivity index (χ0n) is 14.0. The first-order valence-corrected chi connectivity index (χ1v) is 8.26. The number of aryl methyl sites for hydroxylation is 1. The molecule has 124 valence electrons. The fraction of sp³-hybridized carbons (Fsp3) is 0.316. The Balaban J connectivity index is 2.00. The monoisotopic (exact) mass is 323 g/mol. The highest BCUT2D eigenvalue weighted by Crippen LogP contribution is 2.38. The van der Waals surface area contributed by atoms with Crippen LogP contribution in [0.2, 0.25) is 0 Å². The van der Waals surface area contributed by atoms with E-state index in [0.29, 0.717) is 19.8 Å². The van der Waals surface area contributed by atoms with Crippen molar-refractivity contribution < 1.29 is 9.47 Å². The number of fused-ring (bicyclic) bond motifs is 2. The molecule has 0 saturated carbocycles. The Kier molecular flexibility index (Phi) is 3.65. The average molecular weight is 323 g/mol. The van der Waals surface area contributed by atoms with Crippen molar-refractivity contribution in [2.45, 2.75) is 19.9 Å². The van der Waals surface area contributed by atoms with Crippen molar-refractivity contribution in [3.05, 3.63) is 42.0 Å². The molecule has 0 amide bonds. The molecule has 24 heavy (non-hydrogen) atoms. The predicted molar refractivity (Wildman–Crippen MR) is 94.7 cm³/mol. The molecule has 0 bridgehead atoms. The van der Waals surface area contributed by atoms with Crippen LogP contribution in [0.5, 0.6) is 11.5 Å². The second-order valence-electron chi connectivity index (χ2n) is 6.19. The van der Waals surface area contributed by atoms with Crippen LogP contribution in [-0.2, 0) is 0 Å². The molecule has 5 nitrogen and oxygen atoms in total. The molecule has 1 aromatic heterocycles. The van der Waals surface area contributed by atoms with Crippen LogP contribution < -0.4 is 15.2 Å². The second kappa shape index (κ2) is 5.83. The summed E-state index contributed by atoms with van der Waals surface area (Å²) in [5.74, 6) is 2.47. The Bertz CT molecular complexity index is 901. The fourth-order valence-electron chi connectivity index (χ4n) is 3.20. The minimum absolute atomic E-state index is 0.132. The van der Waals surface area contributed by atoms with Gasteiger partial charge in [0.15, 0.2) is 11.5 Å². The van der Waals surface area contributed by atoms with E-state index in [0.717, 1.165) is 33.9 Å². The van der Waals surface area contributed by atoms with E-state index >= 15 is 0 Å². The summed E-state index contributed by atoms with van der Waals surface area (Å²) < 4.78 is 13.6. The molecule has 4 rings (SSSR count). The molecule has 1 unspecified atom stereocenters. The Morgan fingerprint density at radius 3 is 2.58 bits per heavy atom. The molecular formula is C19H21N3O2. The van der Waals surface area contributed by atoms with Gasteiger partial charge < -0.3 is 19.8 Å². The van der Waals surface area contributed by atoms with Gasteiger partial charge in [0.25, 0.3) is 0 Å². The van der Waals surface area contributed by atoms with Crippen molar-refractivity contribution in [3.63, 3.8) is 0 Å². The van der Waals surface area contributed by atoms with Crippen LogP contribution in [0.3, 0.4) is 0 Å². The lowest BCUT2D eigenvalue weighted by Crippen LogP contribution is -2.18. The van der Waals surface area contributed by atoms with Gasteiger partial charge in [0, 0.05) is 30.3 Å². The Labute approximate surface area is 141 Å².